The highest BCUT2D eigenvalue weighted by Gasteiger charge is 2.36. The number of hydrogen-bond donors (Lipinski definition) is 2. The van der Waals surface area contributed by atoms with E-state index in [1.165, 1.54) is 5.56 Å². The Balaban J connectivity index is 1.49. The van der Waals surface area contributed by atoms with Crippen LogP contribution >= 0.6 is 12.2 Å². The Labute approximate surface area is 203 Å². The number of nitrogens with one attached hydrogen (secondary N) is 2. The molecule has 0 spiro atoms. The van der Waals surface area contributed by atoms with Gasteiger partial charge >= 0.3 is 6.18 Å². The first-order valence-electron chi connectivity index (χ1n) is 11.6. The molecule has 0 radical (unpaired) electrons. The summed E-state index contributed by atoms with van der Waals surface area (Å²) in [6, 6.07) is 11.2. The second kappa shape index (κ2) is 10.4. The lowest BCUT2D eigenvalue weighted by Gasteiger charge is -2.38. The van der Waals surface area contributed by atoms with Gasteiger partial charge in [0.1, 0.15) is 5.82 Å². The van der Waals surface area contributed by atoms with Crippen LogP contribution in [0.25, 0.3) is 0 Å². The van der Waals surface area contributed by atoms with Crippen molar-refractivity contribution in [3.8, 4) is 0 Å². The molecule has 0 aliphatic carbocycles. The van der Waals surface area contributed by atoms with Gasteiger partial charge in [0.05, 0.1) is 0 Å². The first kappa shape index (κ1) is 24.7. The molecule has 0 saturated carbocycles. The number of anilines is 2. The van der Waals surface area contributed by atoms with Gasteiger partial charge in [0.25, 0.3) is 0 Å². The summed E-state index contributed by atoms with van der Waals surface area (Å²) < 4.78 is 46.2. The number of aromatic nitrogens is 2. The third-order valence-corrected chi connectivity index (χ3v) is 7.01. The van der Waals surface area contributed by atoms with Gasteiger partial charge < -0.3 is 20.3 Å². The minimum Gasteiger partial charge on any atom is -0.381 e. The number of nitrogens with zero attached hydrogens (tertiary/aromatic N) is 3. The van der Waals surface area contributed by atoms with Crippen molar-refractivity contribution in [2.45, 2.75) is 44.2 Å². The van der Waals surface area contributed by atoms with Crippen molar-refractivity contribution < 1.29 is 17.9 Å². The standard InChI is InChI=1S/C24H30F3N5OS/c1-17-7-11-32(12-8-17)20-15-19(24(25,26)27)29-21(30-20)31-22(34)28-16-23(9-13-33-14-10-23)18-5-3-2-4-6-18/h2-6,15,17H,7-14,16H2,1H3,(H2,28,29,30,31,34). The van der Waals surface area contributed by atoms with E-state index in [0.717, 1.165) is 31.7 Å². The van der Waals surface area contributed by atoms with Gasteiger partial charge in [0.15, 0.2) is 10.8 Å². The zero-order chi connectivity index (χ0) is 24.2. The Morgan fingerprint density at radius 1 is 1.15 bits per heavy atom. The molecule has 2 aromatic rings. The second-order valence-corrected chi connectivity index (χ2v) is 9.58. The van der Waals surface area contributed by atoms with Gasteiger partial charge in [0, 0.05) is 44.3 Å². The zero-order valence-electron chi connectivity index (χ0n) is 19.2. The van der Waals surface area contributed by atoms with E-state index in [-0.39, 0.29) is 22.3 Å². The molecule has 1 aromatic heterocycles. The number of benzene rings is 1. The van der Waals surface area contributed by atoms with E-state index in [2.05, 4.69) is 39.7 Å². The van der Waals surface area contributed by atoms with Crippen LogP contribution in [-0.4, -0.2) is 47.9 Å². The number of hydrogen-bond acceptors (Lipinski definition) is 5. The minimum absolute atomic E-state index is 0.151. The Morgan fingerprint density at radius 3 is 2.47 bits per heavy atom. The first-order valence-corrected chi connectivity index (χ1v) is 12.1. The largest absolute Gasteiger partial charge is 0.433 e. The molecule has 10 heteroatoms. The fourth-order valence-electron chi connectivity index (χ4n) is 4.55. The Bertz CT molecular complexity index is 974. The summed E-state index contributed by atoms with van der Waals surface area (Å²) in [5, 5.41) is 6.18. The molecule has 3 heterocycles. The minimum atomic E-state index is -4.58. The fraction of sp³-hybridized carbons (Fsp3) is 0.542. The van der Waals surface area contributed by atoms with E-state index in [9.17, 15) is 13.2 Å². The SMILES string of the molecule is CC1CCN(c2cc(C(F)(F)F)nc(NC(=S)NCC3(c4ccccc4)CCOCC3)n2)CC1. The van der Waals surface area contributed by atoms with Crippen LogP contribution in [-0.2, 0) is 16.3 Å². The molecule has 2 aliphatic heterocycles. The molecule has 34 heavy (non-hydrogen) atoms. The molecule has 1 aromatic carbocycles. The summed E-state index contributed by atoms with van der Waals surface area (Å²) >= 11 is 5.43. The van der Waals surface area contributed by atoms with E-state index >= 15 is 0 Å². The van der Waals surface area contributed by atoms with Crippen LogP contribution in [0.4, 0.5) is 24.9 Å². The summed E-state index contributed by atoms with van der Waals surface area (Å²) in [7, 11) is 0. The van der Waals surface area contributed by atoms with Gasteiger partial charge in [-0.25, -0.2) is 4.98 Å². The number of alkyl halides is 3. The van der Waals surface area contributed by atoms with Crippen LogP contribution in [0.15, 0.2) is 36.4 Å². The van der Waals surface area contributed by atoms with Crippen LogP contribution in [0.3, 0.4) is 0 Å². The first-order chi connectivity index (χ1) is 16.2. The maximum absolute atomic E-state index is 13.5. The molecule has 2 aliphatic rings. The fourth-order valence-corrected chi connectivity index (χ4v) is 4.72. The molecule has 0 atom stereocenters. The average molecular weight is 494 g/mol. The Hall–Kier alpha value is -2.46. The maximum Gasteiger partial charge on any atom is 0.433 e. The summed E-state index contributed by atoms with van der Waals surface area (Å²) in [6.07, 6.45) is -1.10. The van der Waals surface area contributed by atoms with Crippen LogP contribution in [0.1, 0.15) is 43.9 Å². The van der Waals surface area contributed by atoms with Crippen molar-refractivity contribution in [3.05, 3.63) is 47.7 Å². The highest BCUT2D eigenvalue weighted by molar-refractivity contribution is 7.80. The van der Waals surface area contributed by atoms with E-state index in [1.807, 2.05) is 23.1 Å². The van der Waals surface area contributed by atoms with Crippen LogP contribution in [0.5, 0.6) is 0 Å². The van der Waals surface area contributed by atoms with E-state index in [1.54, 1.807) is 0 Å². The number of thiocarbonyl (C=S) groups is 1. The molecular weight excluding hydrogens is 463 g/mol. The summed E-state index contributed by atoms with van der Waals surface area (Å²) in [4.78, 5) is 9.95. The quantitative estimate of drug-likeness (QED) is 0.582. The van der Waals surface area contributed by atoms with Gasteiger partial charge in [-0.1, -0.05) is 37.3 Å². The predicted octanol–water partition coefficient (Wildman–Crippen LogP) is 4.77. The molecular formula is C24H30F3N5OS. The van der Waals surface area contributed by atoms with Crippen molar-refractivity contribution in [2.24, 2.45) is 5.92 Å². The topological polar surface area (TPSA) is 62.3 Å². The van der Waals surface area contributed by atoms with Crippen molar-refractivity contribution in [1.82, 2.24) is 15.3 Å². The lowest BCUT2D eigenvalue weighted by molar-refractivity contribution is -0.141. The monoisotopic (exact) mass is 493 g/mol. The van der Waals surface area contributed by atoms with E-state index in [0.29, 0.717) is 38.8 Å². The van der Waals surface area contributed by atoms with Gasteiger partial charge in [-0.15, -0.1) is 0 Å². The van der Waals surface area contributed by atoms with Crippen LogP contribution in [0.2, 0.25) is 0 Å². The average Bonchev–Trinajstić information content (AvgIpc) is 2.84. The molecule has 2 fully saturated rings. The number of rotatable bonds is 5. The van der Waals surface area contributed by atoms with Crippen molar-refractivity contribution in [1.29, 1.82) is 0 Å². The third-order valence-electron chi connectivity index (χ3n) is 6.76. The molecule has 4 rings (SSSR count). The Morgan fingerprint density at radius 2 is 1.82 bits per heavy atom. The molecule has 2 saturated heterocycles. The highest BCUT2D eigenvalue weighted by atomic mass is 32.1. The van der Waals surface area contributed by atoms with Gasteiger partial charge in [-0.05, 0) is 49.4 Å². The van der Waals surface area contributed by atoms with Gasteiger partial charge in [0.2, 0.25) is 5.95 Å². The third kappa shape index (κ3) is 5.96. The van der Waals surface area contributed by atoms with E-state index in [4.69, 9.17) is 17.0 Å². The number of piperidine rings is 1. The van der Waals surface area contributed by atoms with Crippen molar-refractivity contribution >= 4 is 29.1 Å². The molecule has 0 amide bonds. The van der Waals surface area contributed by atoms with E-state index < -0.39 is 11.9 Å². The lowest BCUT2D eigenvalue weighted by atomic mass is 9.74. The second-order valence-electron chi connectivity index (χ2n) is 9.17. The summed E-state index contributed by atoms with van der Waals surface area (Å²) in [5.74, 6) is 0.670. The molecule has 6 nitrogen and oxygen atoms in total. The molecule has 2 N–H and O–H groups in total. The Kier molecular flexibility index (Phi) is 7.57. The lowest BCUT2D eigenvalue weighted by Crippen LogP contribution is -2.45. The number of halogens is 3. The van der Waals surface area contributed by atoms with Crippen LogP contribution in [0, 0.1) is 5.92 Å². The van der Waals surface area contributed by atoms with Crippen molar-refractivity contribution in [2.75, 3.05) is 43.1 Å². The normalized spacial score (nSPS) is 19.0. The van der Waals surface area contributed by atoms with Gasteiger partial charge in [-0.3, -0.25) is 0 Å². The predicted molar refractivity (Wildman–Crippen MR) is 130 cm³/mol. The summed E-state index contributed by atoms with van der Waals surface area (Å²) in [5.41, 5.74) is 0.0346. The van der Waals surface area contributed by atoms with Gasteiger partial charge in [-0.2, -0.15) is 18.2 Å². The molecule has 184 valence electrons. The zero-order valence-corrected chi connectivity index (χ0v) is 20.0. The molecule has 0 unspecified atom stereocenters. The highest BCUT2D eigenvalue weighted by Crippen LogP contribution is 2.34. The van der Waals surface area contributed by atoms with Crippen molar-refractivity contribution in [3.63, 3.8) is 0 Å². The maximum atomic E-state index is 13.5. The smallest absolute Gasteiger partial charge is 0.381 e. The van der Waals surface area contributed by atoms with Crippen LogP contribution < -0.4 is 15.5 Å². The molecule has 0 bridgehead atoms. The summed E-state index contributed by atoms with van der Waals surface area (Å²) in [6.45, 7) is 5.30. The number of ether oxygens (including phenoxy) is 1.